The highest BCUT2D eigenvalue weighted by Gasteiger charge is 2.07. The Kier molecular flexibility index (Phi) is 3.54. The van der Waals surface area contributed by atoms with Gasteiger partial charge in [-0.3, -0.25) is 4.98 Å². The second kappa shape index (κ2) is 5.48. The Morgan fingerprint density at radius 1 is 1.05 bits per heavy atom. The zero-order valence-electron chi connectivity index (χ0n) is 10.6. The Balaban J connectivity index is 1.91. The average molecular weight is 285 g/mol. The summed E-state index contributed by atoms with van der Waals surface area (Å²) in [5.74, 6) is -0.346. The molecule has 20 heavy (non-hydrogen) atoms. The van der Waals surface area contributed by atoms with Gasteiger partial charge >= 0.3 is 0 Å². The molecule has 0 saturated heterocycles. The van der Waals surface area contributed by atoms with E-state index in [1.54, 1.807) is 6.07 Å². The summed E-state index contributed by atoms with van der Waals surface area (Å²) < 4.78 is 12.9. The van der Waals surface area contributed by atoms with Gasteiger partial charge in [0.25, 0.3) is 0 Å². The maximum Gasteiger partial charge on any atom is 0.141 e. The van der Waals surface area contributed by atoms with E-state index < -0.39 is 0 Å². The number of nitrogens with two attached hydrogens (primary N) is 1. The van der Waals surface area contributed by atoms with Crippen molar-refractivity contribution in [2.24, 2.45) is 5.73 Å². The van der Waals surface area contributed by atoms with Gasteiger partial charge in [-0.2, -0.15) is 0 Å². The molecular formula is C15H12FN3S. The minimum atomic E-state index is -0.346. The van der Waals surface area contributed by atoms with Gasteiger partial charge < -0.3 is 5.73 Å². The third-order valence-electron chi connectivity index (χ3n) is 2.93. The van der Waals surface area contributed by atoms with Crippen molar-refractivity contribution in [3.05, 3.63) is 59.4 Å². The molecule has 3 rings (SSSR count). The molecular weight excluding hydrogens is 273 g/mol. The van der Waals surface area contributed by atoms with Crippen molar-refractivity contribution < 1.29 is 4.39 Å². The number of nitrogens with zero attached hydrogens (tertiary/aromatic N) is 2. The highest BCUT2D eigenvalue weighted by molar-refractivity contribution is 7.13. The van der Waals surface area contributed by atoms with Crippen LogP contribution in [0, 0.1) is 5.82 Å². The van der Waals surface area contributed by atoms with Gasteiger partial charge in [0, 0.05) is 17.5 Å². The lowest BCUT2D eigenvalue weighted by molar-refractivity contribution is 0.622. The van der Waals surface area contributed by atoms with Gasteiger partial charge in [-0.1, -0.05) is 24.3 Å². The lowest BCUT2D eigenvalue weighted by Crippen LogP contribution is -1.95. The second-order valence-corrected chi connectivity index (χ2v) is 5.16. The van der Waals surface area contributed by atoms with Crippen molar-refractivity contribution in [2.45, 2.75) is 6.54 Å². The standard InChI is InChI=1S/C15H12FN3S/c16-12-5-6-13(18-8-12)14-9-20-15(19-14)11-3-1-10(7-17)2-4-11/h1-6,8-9H,7,17H2. The molecule has 0 bridgehead atoms. The zero-order valence-corrected chi connectivity index (χ0v) is 11.4. The SMILES string of the molecule is NCc1ccc(-c2nc(-c3ccc(F)cn3)cs2)cc1. The third kappa shape index (κ3) is 2.59. The van der Waals surface area contributed by atoms with Crippen molar-refractivity contribution in [3.8, 4) is 22.0 Å². The van der Waals surface area contributed by atoms with E-state index in [1.165, 1.54) is 23.6 Å². The fourth-order valence-electron chi connectivity index (χ4n) is 1.83. The Morgan fingerprint density at radius 3 is 2.50 bits per heavy atom. The summed E-state index contributed by atoms with van der Waals surface area (Å²) in [5.41, 5.74) is 9.14. The molecule has 0 saturated carbocycles. The Labute approximate surface area is 119 Å². The van der Waals surface area contributed by atoms with E-state index >= 15 is 0 Å². The predicted molar refractivity (Wildman–Crippen MR) is 78.6 cm³/mol. The average Bonchev–Trinajstić information content (AvgIpc) is 2.98. The lowest BCUT2D eigenvalue weighted by atomic mass is 10.1. The Hall–Kier alpha value is -2.11. The maximum atomic E-state index is 12.9. The van der Waals surface area contributed by atoms with Crippen LogP contribution >= 0.6 is 11.3 Å². The monoisotopic (exact) mass is 285 g/mol. The first-order chi connectivity index (χ1) is 9.76. The molecule has 0 aliphatic rings. The molecule has 3 aromatic rings. The van der Waals surface area contributed by atoms with E-state index in [0.717, 1.165) is 21.8 Å². The van der Waals surface area contributed by atoms with Gasteiger partial charge in [0.2, 0.25) is 0 Å². The van der Waals surface area contributed by atoms with Crippen LogP contribution in [0.15, 0.2) is 48.0 Å². The van der Waals surface area contributed by atoms with E-state index in [4.69, 9.17) is 5.73 Å². The van der Waals surface area contributed by atoms with Gasteiger partial charge in [-0.15, -0.1) is 11.3 Å². The van der Waals surface area contributed by atoms with Gasteiger partial charge in [0.1, 0.15) is 16.5 Å². The molecule has 0 atom stereocenters. The highest BCUT2D eigenvalue weighted by atomic mass is 32.1. The van der Waals surface area contributed by atoms with Crippen molar-refractivity contribution in [1.82, 2.24) is 9.97 Å². The first kappa shape index (κ1) is 12.9. The third-order valence-corrected chi connectivity index (χ3v) is 3.82. The van der Waals surface area contributed by atoms with Crippen LogP contribution in [0.5, 0.6) is 0 Å². The molecule has 0 spiro atoms. The molecule has 3 nitrogen and oxygen atoms in total. The molecule has 0 aliphatic carbocycles. The summed E-state index contributed by atoms with van der Waals surface area (Å²) in [6.07, 6.45) is 1.20. The van der Waals surface area contributed by atoms with E-state index in [2.05, 4.69) is 9.97 Å². The summed E-state index contributed by atoms with van der Waals surface area (Å²) in [6, 6.07) is 11.0. The molecule has 0 unspecified atom stereocenters. The van der Waals surface area contributed by atoms with Crippen LogP contribution < -0.4 is 5.73 Å². The molecule has 0 aliphatic heterocycles. The minimum absolute atomic E-state index is 0.346. The molecule has 1 aromatic carbocycles. The topological polar surface area (TPSA) is 51.8 Å². The summed E-state index contributed by atoms with van der Waals surface area (Å²) in [5, 5.41) is 2.83. The van der Waals surface area contributed by atoms with Gasteiger partial charge in [0.15, 0.2) is 0 Å². The number of hydrogen-bond acceptors (Lipinski definition) is 4. The Morgan fingerprint density at radius 2 is 1.85 bits per heavy atom. The number of aromatic nitrogens is 2. The van der Waals surface area contributed by atoms with E-state index in [-0.39, 0.29) is 5.82 Å². The van der Waals surface area contributed by atoms with Crippen LogP contribution in [0.4, 0.5) is 4.39 Å². The van der Waals surface area contributed by atoms with Crippen molar-refractivity contribution in [3.63, 3.8) is 0 Å². The molecule has 5 heteroatoms. The van der Waals surface area contributed by atoms with Crippen LogP contribution in [0.2, 0.25) is 0 Å². The van der Waals surface area contributed by atoms with Gasteiger partial charge in [0.05, 0.1) is 11.9 Å². The number of pyridine rings is 1. The van der Waals surface area contributed by atoms with E-state index in [1.807, 2.05) is 29.6 Å². The van der Waals surface area contributed by atoms with Crippen molar-refractivity contribution >= 4 is 11.3 Å². The van der Waals surface area contributed by atoms with Crippen molar-refractivity contribution in [2.75, 3.05) is 0 Å². The van der Waals surface area contributed by atoms with Crippen LogP contribution in [-0.2, 0) is 6.54 Å². The van der Waals surface area contributed by atoms with Crippen LogP contribution in [0.1, 0.15) is 5.56 Å². The molecule has 2 heterocycles. The summed E-state index contributed by atoms with van der Waals surface area (Å²) in [6.45, 7) is 0.531. The summed E-state index contributed by atoms with van der Waals surface area (Å²) in [4.78, 5) is 8.57. The summed E-state index contributed by atoms with van der Waals surface area (Å²) in [7, 11) is 0. The molecule has 0 amide bonds. The number of benzene rings is 1. The van der Waals surface area contributed by atoms with Crippen LogP contribution in [-0.4, -0.2) is 9.97 Å². The largest absolute Gasteiger partial charge is 0.326 e. The molecule has 2 N–H and O–H groups in total. The second-order valence-electron chi connectivity index (χ2n) is 4.30. The number of halogens is 1. The molecule has 100 valence electrons. The first-order valence-electron chi connectivity index (χ1n) is 6.13. The predicted octanol–water partition coefficient (Wildman–Crippen LogP) is 3.47. The summed E-state index contributed by atoms with van der Waals surface area (Å²) >= 11 is 1.54. The molecule has 0 fully saturated rings. The highest BCUT2D eigenvalue weighted by Crippen LogP contribution is 2.28. The quantitative estimate of drug-likeness (QED) is 0.801. The fourth-order valence-corrected chi connectivity index (χ4v) is 2.65. The normalized spacial score (nSPS) is 10.7. The number of rotatable bonds is 3. The van der Waals surface area contributed by atoms with E-state index in [9.17, 15) is 4.39 Å². The zero-order chi connectivity index (χ0) is 13.9. The number of thiazole rings is 1. The minimum Gasteiger partial charge on any atom is -0.326 e. The van der Waals surface area contributed by atoms with Crippen molar-refractivity contribution in [1.29, 1.82) is 0 Å². The lowest BCUT2D eigenvalue weighted by Gasteiger charge is -1.99. The Bertz CT molecular complexity index is 705. The van der Waals surface area contributed by atoms with Crippen LogP contribution in [0.25, 0.3) is 22.0 Å². The fraction of sp³-hybridized carbons (Fsp3) is 0.0667. The smallest absolute Gasteiger partial charge is 0.141 e. The molecule has 0 radical (unpaired) electrons. The number of hydrogen-bond donors (Lipinski definition) is 1. The van der Waals surface area contributed by atoms with Gasteiger partial charge in [-0.25, -0.2) is 9.37 Å². The maximum absolute atomic E-state index is 12.9. The van der Waals surface area contributed by atoms with Crippen LogP contribution in [0.3, 0.4) is 0 Å². The van der Waals surface area contributed by atoms with E-state index in [0.29, 0.717) is 12.2 Å². The molecule has 2 aromatic heterocycles. The van der Waals surface area contributed by atoms with Gasteiger partial charge in [-0.05, 0) is 17.7 Å². The first-order valence-corrected chi connectivity index (χ1v) is 7.01.